The van der Waals surface area contributed by atoms with Gasteiger partial charge in [0.15, 0.2) is 5.82 Å². The first-order chi connectivity index (χ1) is 12.2. The van der Waals surface area contributed by atoms with Gasteiger partial charge < -0.3 is 14.6 Å². The molecule has 1 saturated heterocycles. The first-order valence-electron chi connectivity index (χ1n) is 8.18. The van der Waals surface area contributed by atoms with Crippen molar-refractivity contribution in [2.24, 2.45) is 0 Å². The van der Waals surface area contributed by atoms with Gasteiger partial charge in [0.05, 0.1) is 0 Å². The number of carboxylic acids is 1. The Balaban J connectivity index is 1.92. The zero-order valence-corrected chi connectivity index (χ0v) is 14.4. The van der Waals surface area contributed by atoms with E-state index in [9.17, 15) is 9.90 Å². The molecule has 1 aliphatic rings. The Kier molecular flexibility index (Phi) is 4.31. The van der Waals surface area contributed by atoms with Crippen molar-refractivity contribution in [3.8, 4) is 11.1 Å². The average Bonchev–Trinajstić information content (AvgIpc) is 3.01. The first kappa shape index (κ1) is 16.0. The van der Waals surface area contributed by atoms with Gasteiger partial charge >= 0.3 is 5.97 Å². The standard InChI is InChI=1S/C18H18N4O2S/c23-15(24)11-22-10-14(13-4-2-1-3-5-13)16-17(22)18(20-12-19-16)21-6-8-25-9-7-21/h1-5,10,12H,6-9,11H2,(H,23,24). The summed E-state index contributed by atoms with van der Waals surface area (Å²) in [4.78, 5) is 22.6. The molecular weight excluding hydrogens is 336 g/mol. The number of carbonyl (C=O) groups is 1. The lowest BCUT2D eigenvalue weighted by Crippen LogP contribution is -2.33. The van der Waals surface area contributed by atoms with E-state index < -0.39 is 5.97 Å². The Morgan fingerprint density at radius 3 is 2.64 bits per heavy atom. The number of aromatic nitrogens is 3. The van der Waals surface area contributed by atoms with E-state index >= 15 is 0 Å². The summed E-state index contributed by atoms with van der Waals surface area (Å²) in [7, 11) is 0. The predicted octanol–water partition coefficient (Wildman–Crippen LogP) is 2.74. The third kappa shape index (κ3) is 3.07. The van der Waals surface area contributed by atoms with E-state index in [4.69, 9.17) is 0 Å². The second-order valence-corrected chi connectivity index (χ2v) is 7.15. The Morgan fingerprint density at radius 1 is 1.16 bits per heavy atom. The lowest BCUT2D eigenvalue weighted by molar-refractivity contribution is -0.137. The average molecular weight is 354 g/mol. The highest BCUT2D eigenvalue weighted by Crippen LogP contribution is 2.34. The molecule has 1 aliphatic heterocycles. The highest BCUT2D eigenvalue weighted by Gasteiger charge is 2.22. The minimum absolute atomic E-state index is 0.105. The molecule has 25 heavy (non-hydrogen) atoms. The molecule has 0 bridgehead atoms. The molecule has 0 spiro atoms. The van der Waals surface area contributed by atoms with Crippen LogP contribution in [0, 0.1) is 0 Å². The van der Waals surface area contributed by atoms with E-state index in [1.54, 1.807) is 10.9 Å². The normalized spacial score (nSPS) is 14.8. The number of anilines is 1. The van der Waals surface area contributed by atoms with Gasteiger partial charge in [-0.05, 0) is 5.56 Å². The minimum atomic E-state index is -0.875. The molecule has 0 unspecified atom stereocenters. The number of hydrogen-bond acceptors (Lipinski definition) is 5. The van der Waals surface area contributed by atoms with Crippen molar-refractivity contribution in [3.63, 3.8) is 0 Å². The quantitative estimate of drug-likeness (QED) is 0.777. The van der Waals surface area contributed by atoms with Crippen LogP contribution in [0.4, 0.5) is 5.82 Å². The van der Waals surface area contributed by atoms with E-state index in [1.165, 1.54) is 0 Å². The summed E-state index contributed by atoms with van der Waals surface area (Å²) >= 11 is 1.93. The second-order valence-electron chi connectivity index (χ2n) is 5.92. The van der Waals surface area contributed by atoms with Crippen LogP contribution >= 0.6 is 11.8 Å². The molecule has 7 heteroatoms. The molecule has 3 heterocycles. The maximum atomic E-state index is 11.4. The fourth-order valence-corrected chi connectivity index (χ4v) is 4.12. The number of thioether (sulfide) groups is 1. The maximum Gasteiger partial charge on any atom is 0.323 e. The lowest BCUT2D eigenvalue weighted by atomic mass is 10.1. The molecule has 0 saturated carbocycles. The van der Waals surface area contributed by atoms with Gasteiger partial charge in [0.2, 0.25) is 0 Å². The number of fused-ring (bicyclic) bond motifs is 1. The van der Waals surface area contributed by atoms with Crippen LogP contribution in [0.15, 0.2) is 42.9 Å². The van der Waals surface area contributed by atoms with Crippen LogP contribution in [0.1, 0.15) is 0 Å². The van der Waals surface area contributed by atoms with Crippen LogP contribution in [0.25, 0.3) is 22.2 Å². The molecule has 4 rings (SSSR count). The smallest absolute Gasteiger partial charge is 0.323 e. The number of nitrogens with zero attached hydrogens (tertiary/aromatic N) is 4. The van der Waals surface area contributed by atoms with Gasteiger partial charge in [-0.3, -0.25) is 4.79 Å². The fourth-order valence-electron chi connectivity index (χ4n) is 3.22. The molecule has 1 fully saturated rings. The SMILES string of the molecule is O=C(O)Cn1cc(-c2ccccc2)c2ncnc(N3CCSCC3)c21. The summed E-state index contributed by atoms with van der Waals surface area (Å²) in [5.41, 5.74) is 3.56. The third-order valence-corrected chi connectivity index (χ3v) is 5.27. The monoisotopic (exact) mass is 354 g/mol. The van der Waals surface area contributed by atoms with Crippen LogP contribution in [0.3, 0.4) is 0 Å². The molecule has 0 aliphatic carbocycles. The number of carboxylic acid groups (broad SMARTS) is 1. The molecule has 2 aromatic heterocycles. The van der Waals surface area contributed by atoms with Crippen molar-refractivity contribution in [1.29, 1.82) is 0 Å². The molecule has 0 amide bonds. The van der Waals surface area contributed by atoms with Crippen LogP contribution in [0.2, 0.25) is 0 Å². The number of benzene rings is 1. The first-order valence-corrected chi connectivity index (χ1v) is 9.33. The van der Waals surface area contributed by atoms with Gasteiger partial charge in [-0.15, -0.1) is 0 Å². The van der Waals surface area contributed by atoms with Gasteiger partial charge in [-0.2, -0.15) is 11.8 Å². The zero-order chi connectivity index (χ0) is 17.2. The Hall–Kier alpha value is -2.54. The molecule has 3 aromatic rings. The van der Waals surface area contributed by atoms with Crippen molar-refractivity contribution >= 4 is 34.6 Å². The summed E-state index contributed by atoms with van der Waals surface area (Å²) in [6.45, 7) is 1.72. The molecule has 0 atom stereocenters. The minimum Gasteiger partial charge on any atom is -0.480 e. The van der Waals surface area contributed by atoms with E-state index in [2.05, 4.69) is 14.9 Å². The zero-order valence-electron chi connectivity index (χ0n) is 13.6. The van der Waals surface area contributed by atoms with Gasteiger partial charge in [0, 0.05) is 36.4 Å². The molecule has 1 aromatic carbocycles. The van der Waals surface area contributed by atoms with Crippen LogP contribution in [0.5, 0.6) is 0 Å². The number of rotatable bonds is 4. The number of aliphatic carboxylic acids is 1. The summed E-state index contributed by atoms with van der Waals surface area (Å²) in [6.07, 6.45) is 3.46. The molecule has 128 valence electrons. The second kappa shape index (κ2) is 6.76. The van der Waals surface area contributed by atoms with Crippen molar-refractivity contribution < 1.29 is 9.90 Å². The third-order valence-electron chi connectivity index (χ3n) is 4.33. The van der Waals surface area contributed by atoms with Crippen molar-refractivity contribution in [2.75, 3.05) is 29.5 Å². The maximum absolute atomic E-state index is 11.4. The van der Waals surface area contributed by atoms with Gasteiger partial charge in [-0.1, -0.05) is 30.3 Å². The predicted molar refractivity (Wildman–Crippen MR) is 100 cm³/mol. The van der Waals surface area contributed by atoms with Crippen LogP contribution < -0.4 is 4.90 Å². The number of hydrogen-bond donors (Lipinski definition) is 1. The van der Waals surface area contributed by atoms with E-state index in [-0.39, 0.29) is 6.54 Å². The lowest BCUT2D eigenvalue weighted by Gasteiger charge is -2.28. The van der Waals surface area contributed by atoms with Crippen molar-refractivity contribution in [3.05, 3.63) is 42.9 Å². The summed E-state index contributed by atoms with van der Waals surface area (Å²) < 4.78 is 1.76. The Morgan fingerprint density at radius 2 is 1.92 bits per heavy atom. The van der Waals surface area contributed by atoms with Crippen LogP contribution in [-0.2, 0) is 11.3 Å². The molecular formula is C18H18N4O2S. The Labute approximate surface area is 149 Å². The van der Waals surface area contributed by atoms with Gasteiger partial charge in [0.1, 0.15) is 23.9 Å². The van der Waals surface area contributed by atoms with E-state index in [0.717, 1.165) is 52.6 Å². The Bertz CT molecular complexity index is 904. The summed E-state index contributed by atoms with van der Waals surface area (Å²) in [5.74, 6) is 2.06. The molecule has 1 N–H and O–H groups in total. The van der Waals surface area contributed by atoms with Crippen LogP contribution in [-0.4, -0.2) is 50.2 Å². The molecule has 0 radical (unpaired) electrons. The van der Waals surface area contributed by atoms with E-state index in [1.807, 2.05) is 48.3 Å². The van der Waals surface area contributed by atoms with Gasteiger partial charge in [-0.25, -0.2) is 9.97 Å². The van der Waals surface area contributed by atoms with E-state index in [0.29, 0.717) is 0 Å². The fraction of sp³-hybridized carbons (Fsp3) is 0.278. The summed E-state index contributed by atoms with van der Waals surface area (Å²) in [5, 5.41) is 9.33. The summed E-state index contributed by atoms with van der Waals surface area (Å²) in [6, 6.07) is 9.93. The van der Waals surface area contributed by atoms with Crippen molar-refractivity contribution in [2.45, 2.75) is 6.54 Å². The highest BCUT2D eigenvalue weighted by molar-refractivity contribution is 7.99. The van der Waals surface area contributed by atoms with Gasteiger partial charge in [0.25, 0.3) is 0 Å². The molecule has 6 nitrogen and oxygen atoms in total. The van der Waals surface area contributed by atoms with Crippen molar-refractivity contribution in [1.82, 2.24) is 14.5 Å². The largest absolute Gasteiger partial charge is 0.480 e. The topological polar surface area (TPSA) is 71.2 Å². The highest BCUT2D eigenvalue weighted by atomic mass is 32.2.